The second-order valence-electron chi connectivity index (χ2n) is 5.82. The molecule has 0 saturated heterocycles. The summed E-state index contributed by atoms with van der Waals surface area (Å²) in [6.45, 7) is 0.528. The molecule has 5 nitrogen and oxygen atoms in total. The van der Waals surface area contributed by atoms with Gasteiger partial charge in [0.1, 0.15) is 29.8 Å². The van der Waals surface area contributed by atoms with Gasteiger partial charge in [0.15, 0.2) is 0 Å². The van der Waals surface area contributed by atoms with Crippen molar-refractivity contribution in [1.29, 1.82) is 0 Å². The third-order valence-corrected chi connectivity index (χ3v) is 4.03. The van der Waals surface area contributed by atoms with Crippen LogP contribution in [0.25, 0.3) is 0 Å². The van der Waals surface area contributed by atoms with Crippen molar-refractivity contribution in [3.05, 3.63) is 72.3 Å². The van der Waals surface area contributed by atoms with Crippen LogP contribution in [-0.4, -0.2) is 39.7 Å². The maximum absolute atomic E-state index is 9.95. The number of benzene rings is 2. The van der Waals surface area contributed by atoms with Gasteiger partial charge in [-0.2, -0.15) is 0 Å². The van der Waals surface area contributed by atoms with Gasteiger partial charge in [-0.05, 0) is 29.8 Å². The predicted octanol–water partition coefficient (Wildman–Crippen LogP) is 1.59. The van der Waals surface area contributed by atoms with E-state index in [9.17, 15) is 15.3 Å². The third-order valence-electron chi connectivity index (χ3n) is 4.03. The summed E-state index contributed by atoms with van der Waals surface area (Å²) in [6.07, 6.45) is -0.0619. The molecule has 0 heterocycles. The zero-order valence-corrected chi connectivity index (χ0v) is 13.1. The average molecular weight is 327 g/mol. The summed E-state index contributed by atoms with van der Waals surface area (Å²) in [5.41, 5.74) is 1.02. The summed E-state index contributed by atoms with van der Waals surface area (Å²) in [7, 11) is 0. The normalized spacial score (nSPS) is 26.3. The monoisotopic (exact) mass is 327 g/mol. The Labute approximate surface area is 140 Å². The van der Waals surface area contributed by atoms with E-state index in [1.54, 1.807) is 6.08 Å². The Morgan fingerprint density at radius 2 is 1.46 bits per heavy atom. The smallest absolute Gasteiger partial charge is 0.127 e. The fourth-order valence-corrected chi connectivity index (χ4v) is 2.60. The molecule has 126 valence electrons. The van der Waals surface area contributed by atoms with E-state index in [0.29, 0.717) is 6.54 Å². The minimum atomic E-state index is -1.17. The second kappa shape index (κ2) is 7.59. The Kier molecular flexibility index (Phi) is 5.27. The molecule has 0 aliphatic heterocycles. The molecule has 1 aliphatic carbocycles. The van der Waals surface area contributed by atoms with Crippen molar-refractivity contribution in [3.8, 4) is 11.5 Å². The second-order valence-corrected chi connectivity index (χ2v) is 5.82. The Hall–Kier alpha value is -2.18. The van der Waals surface area contributed by atoms with Gasteiger partial charge >= 0.3 is 0 Å². The lowest BCUT2D eigenvalue weighted by atomic mass is 9.94. The van der Waals surface area contributed by atoms with Gasteiger partial charge in [0.25, 0.3) is 0 Å². The van der Waals surface area contributed by atoms with Crippen LogP contribution in [0.1, 0.15) is 5.56 Å². The first-order valence-electron chi connectivity index (χ1n) is 7.91. The van der Waals surface area contributed by atoms with E-state index in [1.807, 2.05) is 54.6 Å². The zero-order chi connectivity index (χ0) is 16.9. The Morgan fingerprint density at radius 1 is 0.792 bits per heavy atom. The maximum atomic E-state index is 9.95. The Morgan fingerprint density at radius 3 is 2.17 bits per heavy atom. The van der Waals surface area contributed by atoms with Crippen LogP contribution in [0.3, 0.4) is 0 Å². The number of rotatable bonds is 5. The van der Waals surface area contributed by atoms with Crippen LogP contribution in [0.5, 0.6) is 11.5 Å². The van der Waals surface area contributed by atoms with Crippen LogP contribution in [0.15, 0.2) is 66.7 Å². The molecule has 0 unspecified atom stereocenters. The molecule has 0 aromatic heterocycles. The highest BCUT2D eigenvalue weighted by atomic mass is 16.5. The first-order valence-corrected chi connectivity index (χ1v) is 7.91. The molecule has 5 heteroatoms. The predicted molar refractivity (Wildman–Crippen MR) is 90.7 cm³/mol. The lowest BCUT2D eigenvalue weighted by molar-refractivity contribution is -0.0567. The highest BCUT2D eigenvalue weighted by molar-refractivity contribution is 5.33. The van der Waals surface area contributed by atoms with E-state index in [-0.39, 0.29) is 0 Å². The quantitative estimate of drug-likeness (QED) is 0.627. The minimum absolute atomic E-state index is 0.399. The third kappa shape index (κ3) is 4.01. The van der Waals surface area contributed by atoms with Gasteiger partial charge in [0.05, 0.1) is 6.04 Å². The molecule has 0 amide bonds. The summed E-state index contributed by atoms with van der Waals surface area (Å²) >= 11 is 0. The molecule has 2 aromatic rings. The van der Waals surface area contributed by atoms with Crippen LogP contribution >= 0.6 is 0 Å². The van der Waals surface area contributed by atoms with E-state index in [2.05, 4.69) is 5.32 Å². The summed E-state index contributed by atoms with van der Waals surface area (Å²) < 4.78 is 5.74. The molecule has 24 heavy (non-hydrogen) atoms. The molecule has 1 aliphatic rings. The van der Waals surface area contributed by atoms with Crippen LogP contribution in [0.2, 0.25) is 0 Å². The van der Waals surface area contributed by atoms with Gasteiger partial charge in [-0.15, -0.1) is 0 Å². The minimum Gasteiger partial charge on any atom is -0.457 e. The molecule has 2 aromatic carbocycles. The number of aliphatic hydroxyl groups is 3. The number of hydrogen-bond acceptors (Lipinski definition) is 5. The summed E-state index contributed by atoms with van der Waals surface area (Å²) in [5, 5.41) is 32.3. The van der Waals surface area contributed by atoms with Crippen LogP contribution < -0.4 is 10.1 Å². The Bertz CT molecular complexity index is 672. The summed E-state index contributed by atoms with van der Waals surface area (Å²) in [6, 6.07) is 16.8. The number of para-hydroxylation sites is 1. The molecule has 3 rings (SSSR count). The van der Waals surface area contributed by atoms with Crippen molar-refractivity contribution in [2.45, 2.75) is 30.9 Å². The van der Waals surface area contributed by atoms with E-state index in [4.69, 9.17) is 4.74 Å². The first-order chi connectivity index (χ1) is 11.6. The number of nitrogens with one attached hydrogen (secondary N) is 1. The molecule has 0 saturated carbocycles. The van der Waals surface area contributed by atoms with E-state index < -0.39 is 24.4 Å². The summed E-state index contributed by atoms with van der Waals surface area (Å²) in [4.78, 5) is 0. The molecule has 4 atom stereocenters. The lowest BCUT2D eigenvalue weighted by Gasteiger charge is -2.31. The number of aliphatic hydroxyl groups excluding tert-OH is 3. The SMILES string of the molecule is O[C@H]1[C@H](O)[C@@H](O)C=C[C@@H]1NCc1ccc(Oc2ccccc2)cc1. The fourth-order valence-electron chi connectivity index (χ4n) is 2.60. The molecule has 4 N–H and O–H groups in total. The van der Waals surface area contributed by atoms with Gasteiger partial charge in [-0.3, -0.25) is 0 Å². The standard InChI is InChI=1S/C19H21NO4/c21-17-11-10-16(18(22)19(17)23)20-12-13-6-8-15(9-7-13)24-14-4-2-1-3-5-14/h1-11,16-23H,12H2/t16-,17-,18+,19+/m0/s1. The zero-order valence-electron chi connectivity index (χ0n) is 13.1. The van der Waals surface area contributed by atoms with Crippen LogP contribution in [-0.2, 0) is 6.54 Å². The molecule has 0 fully saturated rings. The average Bonchev–Trinajstić information content (AvgIpc) is 2.61. The largest absolute Gasteiger partial charge is 0.457 e. The van der Waals surface area contributed by atoms with Crippen molar-refractivity contribution >= 4 is 0 Å². The van der Waals surface area contributed by atoms with Crippen molar-refractivity contribution in [1.82, 2.24) is 5.32 Å². The van der Waals surface area contributed by atoms with Gasteiger partial charge < -0.3 is 25.4 Å². The first kappa shape index (κ1) is 16.7. The van der Waals surface area contributed by atoms with Crippen molar-refractivity contribution in [2.24, 2.45) is 0 Å². The number of ether oxygens (including phenoxy) is 1. The fraction of sp³-hybridized carbons (Fsp3) is 0.263. The Balaban J connectivity index is 1.56. The maximum Gasteiger partial charge on any atom is 0.127 e. The van der Waals surface area contributed by atoms with Gasteiger partial charge in [-0.1, -0.05) is 42.5 Å². The highest BCUT2D eigenvalue weighted by Crippen LogP contribution is 2.21. The van der Waals surface area contributed by atoms with Crippen molar-refractivity contribution < 1.29 is 20.1 Å². The summed E-state index contributed by atoms with van der Waals surface area (Å²) in [5.74, 6) is 1.53. The number of hydrogen-bond donors (Lipinski definition) is 4. The van der Waals surface area contributed by atoms with Crippen LogP contribution in [0.4, 0.5) is 0 Å². The molecule has 0 bridgehead atoms. The van der Waals surface area contributed by atoms with E-state index >= 15 is 0 Å². The molecule has 0 spiro atoms. The van der Waals surface area contributed by atoms with Crippen LogP contribution in [0, 0.1) is 0 Å². The molecular formula is C19H21NO4. The van der Waals surface area contributed by atoms with E-state index in [0.717, 1.165) is 17.1 Å². The van der Waals surface area contributed by atoms with E-state index in [1.165, 1.54) is 6.08 Å². The van der Waals surface area contributed by atoms with Crippen molar-refractivity contribution in [3.63, 3.8) is 0 Å². The van der Waals surface area contributed by atoms with Gasteiger partial charge in [-0.25, -0.2) is 0 Å². The van der Waals surface area contributed by atoms with Gasteiger partial charge in [0, 0.05) is 6.54 Å². The highest BCUT2D eigenvalue weighted by Gasteiger charge is 2.32. The van der Waals surface area contributed by atoms with Crippen molar-refractivity contribution in [2.75, 3.05) is 0 Å². The van der Waals surface area contributed by atoms with Gasteiger partial charge in [0.2, 0.25) is 0 Å². The molecular weight excluding hydrogens is 306 g/mol. The topological polar surface area (TPSA) is 82.0 Å². The molecule has 0 radical (unpaired) electrons. The lowest BCUT2D eigenvalue weighted by Crippen LogP contribution is -2.51.